The van der Waals surface area contributed by atoms with E-state index in [0.717, 1.165) is 12.8 Å². The number of hydrogen-bond donors (Lipinski definition) is 2. The highest BCUT2D eigenvalue weighted by atomic mass is 35.5. The molecule has 2 amide bonds. The molecule has 0 unspecified atom stereocenters. The van der Waals surface area contributed by atoms with E-state index < -0.39 is 0 Å². The number of ether oxygens (including phenoxy) is 1. The molecule has 3 rings (SSSR count). The SMILES string of the molecule is C=CC(=O)Nc1cccc(C(=O)N2CCC[C@@H](Nc3ncc(Cl)c(OC)n3)C2)c1. The number of rotatable bonds is 6. The molecule has 1 aliphatic rings. The number of carbonyl (C=O) groups is 2. The van der Waals surface area contributed by atoms with Crippen molar-refractivity contribution in [1.82, 2.24) is 14.9 Å². The van der Waals surface area contributed by atoms with Crippen molar-refractivity contribution in [2.45, 2.75) is 18.9 Å². The maximum absolute atomic E-state index is 12.9. The van der Waals surface area contributed by atoms with Crippen LogP contribution in [0.15, 0.2) is 43.1 Å². The number of piperidine rings is 1. The van der Waals surface area contributed by atoms with Gasteiger partial charge < -0.3 is 20.3 Å². The van der Waals surface area contributed by atoms with Gasteiger partial charge in [-0.15, -0.1) is 0 Å². The van der Waals surface area contributed by atoms with Crippen LogP contribution in [0, 0.1) is 0 Å². The maximum atomic E-state index is 12.9. The molecule has 2 N–H and O–H groups in total. The molecule has 0 saturated carbocycles. The number of amides is 2. The standard InChI is InChI=1S/C20H22ClN5O3/c1-3-17(27)23-14-7-4-6-13(10-14)19(28)26-9-5-8-15(12-26)24-20-22-11-16(21)18(25-20)29-2/h3-4,6-7,10-11,15H,1,5,8-9,12H2,2H3,(H,23,27)(H,22,24,25)/t15-/m1/s1. The minimum Gasteiger partial charge on any atom is -0.480 e. The van der Waals surface area contributed by atoms with Gasteiger partial charge in [-0.2, -0.15) is 4.98 Å². The summed E-state index contributed by atoms with van der Waals surface area (Å²) in [6.45, 7) is 4.59. The van der Waals surface area contributed by atoms with Crippen LogP contribution in [0.2, 0.25) is 5.02 Å². The molecule has 1 atom stereocenters. The zero-order valence-corrected chi connectivity index (χ0v) is 16.8. The van der Waals surface area contributed by atoms with Gasteiger partial charge in [0.05, 0.1) is 13.3 Å². The van der Waals surface area contributed by atoms with Crippen LogP contribution < -0.4 is 15.4 Å². The van der Waals surface area contributed by atoms with E-state index in [1.165, 1.54) is 19.4 Å². The van der Waals surface area contributed by atoms with E-state index in [0.29, 0.717) is 41.2 Å². The van der Waals surface area contributed by atoms with Gasteiger partial charge in [-0.25, -0.2) is 4.98 Å². The molecule has 29 heavy (non-hydrogen) atoms. The van der Waals surface area contributed by atoms with Crippen molar-refractivity contribution in [2.75, 3.05) is 30.8 Å². The number of likely N-dealkylation sites (tertiary alicyclic amines) is 1. The maximum Gasteiger partial charge on any atom is 0.253 e. The second kappa shape index (κ2) is 9.38. The van der Waals surface area contributed by atoms with Gasteiger partial charge in [0, 0.05) is 30.4 Å². The smallest absolute Gasteiger partial charge is 0.253 e. The van der Waals surface area contributed by atoms with Crippen molar-refractivity contribution >= 4 is 35.1 Å². The first-order valence-corrected chi connectivity index (χ1v) is 9.53. The van der Waals surface area contributed by atoms with Crippen molar-refractivity contribution in [3.8, 4) is 5.88 Å². The Labute approximate surface area is 173 Å². The van der Waals surface area contributed by atoms with Crippen molar-refractivity contribution in [1.29, 1.82) is 0 Å². The van der Waals surface area contributed by atoms with E-state index in [1.807, 2.05) is 0 Å². The Morgan fingerprint density at radius 3 is 3.00 bits per heavy atom. The Balaban J connectivity index is 1.67. The topological polar surface area (TPSA) is 96.5 Å². The van der Waals surface area contributed by atoms with E-state index in [9.17, 15) is 9.59 Å². The highest BCUT2D eigenvalue weighted by molar-refractivity contribution is 6.31. The minimum absolute atomic E-state index is 0.00207. The molecular formula is C20H22ClN5O3. The van der Waals surface area contributed by atoms with E-state index in [1.54, 1.807) is 29.2 Å². The summed E-state index contributed by atoms with van der Waals surface area (Å²) in [4.78, 5) is 34.6. The van der Waals surface area contributed by atoms with Crippen LogP contribution in [-0.4, -0.2) is 52.9 Å². The predicted octanol–water partition coefficient (Wildman–Crippen LogP) is 2.98. The highest BCUT2D eigenvalue weighted by Crippen LogP contribution is 2.23. The van der Waals surface area contributed by atoms with Crippen LogP contribution in [0.3, 0.4) is 0 Å². The summed E-state index contributed by atoms with van der Waals surface area (Å²) in [7, 11) is 1.49. The lowest BCUT2D eigenvalue weighted by Gasteiger charge is -2.33. The first kappa shape index (κ1) is 20.6. The van der Waals surface area contributed by atoms with Crippen molar-refractivity contribution in [3.63, 3.8) is 0 Å². The molecule has 1 aromatic carbocycles. The average Bonchev–Trinajstić information content (AvgIpc) is 2.74. The van der Waals surface area contributed by atoms with E-state index in [2.05, 4.69) is 27.2 Å². The highest BCUT2D eigenvalue weighted by Gasteiger charge is 2.25. The molecule has 9 heteroatoms. The number of methoxy groups -OCH3 is 1. The molecule has 0 spiro atoms. The Morgan fingerprint density at radius 2 is 2.24 bits per heavy atom. The largest absolute Gasteiger partial charge is 0.480 e. The number of nitrogens with one attached hydrogen (secondary N) is 2. The molecule has 8 nitrogen and oxygen atoms in total. The van der Waals surface area contributed by atoms with Crippen LogP contribution in [0.5, 0.6) is 5.88 Å². The molecule has 2 aromatic rings. The fourth-order valence-corrected chi connectivity index (χ4v) is 3.30. The van der Waals surface area contributed by atoms with Gasteiger partial charge in [-0.3, -0.25) is 9.59 Å². The molecule has 152 valence electrons. The Morgan fingerprint density at radius 1 is 1.41 bits per heavy atom. The first-order valence-electron chi connectivity index (χ1n) is 9.16. The number of anilines is 2. The minimum atomic E-state index is -0.324. The van der Waals surface area contributed by atoms with E-state index in [-0.39, 0.29) is 17.9 Å². The van der Waals surface area contributed by atoms with Gasteiger partial charge in [0.25, 0.3) is 5.91 Å². The second-order valence-electron chi connectivity index (χ2n) is 6.56. The number of benzene rings is 1. The molecule has 0 radical (unpaired) electrons. The first-order chi connectivity index (χ1) is 14.0. The van der Waals surface area contributed by atoms with Crippen LogP contribution in [0.4, 0.5) is 11.6 Å². The predicted molar refractivity (Wildman–Crippen MR) is 111 cm³/mol. The summed E-state index contributed by atoms with van der Waals surface area (Å²) < 4.78 is 5.12. The third-order valence-electron chi connectivity index (χ3n) is 4.51. The van der Waals surface area contributed by atoms with Gasteiger partial charge >= 0.3 is 0 Å². The second-order valence-corrected chi connectivity index (χ2v) is 6.97. The number of carbonyl (C=O) groups excluding carboxylic acids is 2. The number of nitrogens with zero attached hydrogens (tertiary/aromatic N) is 3. The van der Waals surface area contributed by atoms with E-state index in [4.69, 9.17) is 16.3 Å². The zero-order chi connectivity index (χ0) is 20.8. The Hall–Kier alpha value is -3.13. The van der Waals surface area contributed by atoms with E-state index >= 15 is 0 Å². The molecule has 1 saturated heterocycles. The summed E-state index contributed by atoms with van der Waals surface area (Å²) in [5.74, 6) is 0.280. The summed E-state index contributed by atoms with van der Waals surface area (Å²) in [6.07, 6.45) is 4.39. The van der Waals surface area contributed by atoms with Crippen LogP contribution >= 0.6 is 11.6 Å². The molecule has 0 aliphatic carbocycles. The Kier molecular flexibility index (Phi) is 6.66. The van der Waals surface area contributed by atoms with Gasteiger partial charge in [0.1, 0.15) is 5.02 Å². The number of aromatic nitrogens is 2. The molecular weight excluding hydrogens is 394 g/mol. The summed E-state index contributed by atoms with van der Waals surface area (Å²) in [5, 5.41) is 6.24. The lowest BCUT2D eigenvalue weighted by atomic mass is 10.0. The molecule has 2 heterocycles. The lowest BCUT2D eigenvalue weighted by Crippen LogP contribution is -2.45. The third kappa shape index (κ3) is 5.23. The van der Waals surface area contributed by atoms with Gasteiger partial charge in [-0.1, -0.05) is 24.2 Å². The monoisotopic (exact) mass is 415 g/mol. The lowest BCUT2D eigenvalue weighted by molar-refractivity contribution is -0.111. The normalized spacial score (nSPS) is 16.1. The van der Waals surface area contributed by atoms with Gasteiger partial charge in [0.2, 0.25) is 17.7 Å². The average molecular weight is 416 g/mol. The fraction of sp³-hybridized carbons (Fsp3) is 0.300. The number of halogens is 1. The van der Waals surface area contributed by atoms with Crippen LogP contribution in [0.1, 0.15) is 23.2 Å². The fourth-order valence-electron chi connectivity index (χ4n) is 3.13. The van der Waals surface area contributed by atoms with Crippen molar-refractivity contribution in [2.24, 2.45) is 0 Å². The Bertz CT molecular complexity index is 921. The van der Waals surface area contributed by atoms with Crippen molar-refractivity contribution < 1.29 is 14.3 Å². The molecule has 0 bridgehead atoms. The molecule has 1 aliphatic heterocycles. The van der Waals surface area contributed by atoms with Gasteiger partial charge in [0.15, 0.2) is 0 Å². The third-order valence-corrected chi connectivity index (χ3v) is 4.77. The summed E-state index contributed by atoms with van der Waals surface area (Å²) >= 11 is 5.96. The van der Waals surface area contributed by atoms with Crippen molar-refractivity contribution in [3.05, 3.63) is 53.7 Å². The summed E-state index contributed by atoms with van der Waals surface area (Å²) in [6, 6.07) is 6.86. The zero-order valence-electron chi connectivity index (χ0n) is 16.0. The molecule has 1 fully saturated rings. The van der Waals surface area contributed by atoms with Crippen LogP contribution in [0.25, 0.3) is 0 Å². The van der Waals surface area contributed by atoms with Gasteiger partial charge in [-0.05, 0) is 37.1 Å². The quantitative estimate of drug-likeness (QED) is 0.704. The summed E-state index contributed by atoms with van der Waals surface area (Å²) in [5.41, 5.74) is 1.06. The number of hydrogen-bond acceptors (Lipinski definition) is 6. The molecule has 1 aromatic heterocycles. The van der Waals surface area contributed by atoms with Crippen LogP contribution in [-0.2, 0) is 4.79 Å².